The summed E-state index contributed by atoms with van der Waals surface area (Å²) >= 11 is 0. The molecule has 0 aliphatic heterocycles. The highest BCUT2D eigenvalue weighted by molar-refractivity contribution is 5.75. The van der Waals surface area contributed by atoms with Gasteiger partial charge in [0.25, 0.3) is 0 Å². The Morgan fingerprint density at radius 3 is 1.77 bits per heavy atom. The van der Waals surface area contributed by atoms with Gasteiger partial charge in [0, 0.05) is 14.1 Å². The van der Waals surface area contributed by atoms with Gasteiger partial charge in [-0.25, -0.2) is 4.79 Å². The van der Waals surface area contributed by atoms with Crippen LogP contribution in [-0.2, 0) is 14.1 Å². The third-order valence-corrected chi connectivity index (χ3v) is 2.18. The van der Waals surface area contributed by atoms with E-state index < -0.39 is 0 Å². The first kappa shape index (κ1) is 9.58. The number of nitrogens with zero attached hydrogens (tertiary/aromatic N) is 2. The lowest BCUT2D eigenvalue weighted by Crippen LogP contribution is -2.19. The second-order valence-electron chi connectivity index (χ2n) is 2.89. The molecule has 0 N–H and O–H groups in total. The maximum atomic E-state index is 11.4. The fraction of sp³-hybridized carbons (Fsp3) is 0.300. The second kappa shape index (κ2) is 3.09. The summed E-state index contributed by atoms with van der Waals surface area (Å²) in [6.07, 6.45) is 0. The molecule has 1 aromatic heterocycles. The van der Waals surface area contributed by atoms with Crippen LogP contribution in [-0.4, -0.2) is 9.13 Å². The number of hydrogen-bond acceptors (Lipinski definition) is 1. The molecule has 0 amide bonds. The van der Waals surface area contributed by atoms with E-state index in [9.17, 15) is 4.79 Å². The van der Waals surface area contributed by atoms with Crippen molar-refractivity contribution in [2.24, 2.45) is 14.1 Å². The number of fused-ring (bicyclic) bond motifs is 1. The summed E-state index contributed by atoms with van der Waals surface area (Å²) in [6, 6.07) is 7.75. The van der Waals surface area contributed by atoms with Crippen molar-refractivity contribution < 1.29 is 0 Å². The standard InChI is InChI=1S/C9H10N2O.CH4/c1-10-7-5-3-4-6-8(7)11(2)9(10)12;/h3-6H,1-2H3;1H4. The van der Waals surface area contributed by atoms with Gasteiger partial charge in [0.1, 0.15) is 0 Å². The van der Waals surface area contributed by atoms with Crippen LogP contribution in [0.4, 0.5) is 0 Å². The molecule has 13 heavy (non-hydrogen) atoms. The fourth-order valence-electron chi connectivity index (χ4n) is 1.46. The molecular weight excluding hydrogens is 164 g/mol. The molecule has 1 aromatic carbocycles. The van der Waals surface area contributed by atoms with Gasteiger partial charge >= 0.3 is 5.69 Å². The zero-order valence-electron chi connectivity index (χ0n) is 7.11. The van der Waals surface area contributed by atoms with Crippen molar-refractivity contribution in [2.45, 2.75) is 7.43 Å². The molecule has 0 saturated heterocycles. The van der Waals surface area contributed by atoms with Gasteiger partial charge in [0.15, 0.2) is 0 Å². The summed E-state index contributed by atoms with van der Waals surface area (Å²) in [4.78, 5) is 11.4. The Morgan fingerprint density at radius 2 is 1.38 bits per heavy atom. The van der Waals surface area contributed by atoms with Crippen LogP contribution < -0.4 is 5.69 Å². The Morgan fingerprint density at radius 1 is 1.00 bits per heavy atom. The van der Waals surface area contributed by atoms with Gasteiger partial charge in [-0.3, -0.25) is 9.13 Å². The van der Waals surface area contributed by atoms with Gasteiger partial charge in [-0.05, 0) is 12.1 Å². The molecule has 0 aliphatic carbocycles. The summed E-state index contributed by atoms with van der Waals surface area (Å²) < 4.78 is 3.30. The predicted molar refractivity (Wildman–Crippen MR) is 54.9 cm³/mol. The minimum atomic E-state index is 0. The number of benzene rings is 1. The van der Waals surface area contributed by atoms with Crippen molar-refractivity contribution >= 4 is 11.0 Å². The molecule has 0 aliphatic rings. The lowest BCUT2D eigenvalue weighted by Gasteiger charge is -1.90. The molecule has 2 rings (SSSR count). The first-order chi connectivity index (χ1) is 5.72. The highest BCUT2D eigenvalue weighted by Gasteiger charge is 2.04. The van der Waals surface area contributed by atoms with Gasteiger partial charge in [-0.2, -0.15) is 0 Å². The van der Waals surface area contributed by atoms with E-state index in [0.29, 0.717) is 0 Å². The number of imidazole rings is 1. The van der Waals surface area contributed by atoms with Gasteiger partial charge < -0.3 is 0 Å². The van der Waals surface area contributed by atoms with Crippen molar-refractivity contribution in [3.63, 3.8) is 0 Å². The number of aromatic nitrogens is 2. The lowest BCUT2D eigenvalue weighted by atomic mass is 10.3. The first-order valence-electron chi connectivity index (χ1n) is 3.82. The average molecular weight is 178 g/mol. The van der Waals surface area contributed by atoms with Crippen LogP contribution >= 0.6 is 0 Å². The predicted octanol–water partition coefficient (Wildman–Crippen LogP) is 1.51. The number of rotatable bonds is 0. The average Bonchev–Trinajstić information content (AvgIpc) is 2.33. The van der Waals surface area contributed by atoms with E-state index in [4.69, 9.17) is 0 Å². The normalized spacial score (nSPS) is 10.0. The Kier molecular flexibility index (Phi) is 2.28. The molecule has 3 nitrogen and oxygen atoms in total. The van der Waals surface area contributed by atoms with E-state index in [2.05, 4.69) is 0 Å². The van der Waals surface area contributed by atoms with Crippen LogP contribution in [0.15, 0.2) is 29.1 Å². The third kappa shape index (κ3) is 1.16. The van der Waals surface area contributed by atoms with E-state index in [1.165, 1.54) is 0 Å². The monoisotopic (exact) mass is 178 g/mol. The van der Waals surface area contributed by atoms with E-state index in [-0.39, 0.29) is 13.1 Å². The number of para-hydroxylation sites is 2. The largest absolute Gasteiger partial charge is 0.328 e. The van der Waals surface area contributed by atoms with Crippen molar-refractivity contribution in [1.82, 2.24) is 9.13 Å². The van der Waals surface area contributed by atoms with Crippen LogP contribution in [0.3, 0.4) is 0 Å². The van der Waals surface area contributed by atoms with E-state index in [1.807, 2.05) is 24.3 Å². The quantitative estimate of drug-likeness (QED) is 0.600. The minimum absolute atomic E-state index is 0. The second-order valence-corrected chi connectivity index (χ2v) is 2.89. The maximum absolute atomic E-state index is 11.4. The fourth-order valence-corrected chi connectivity index (χ4v) is 1.46. The van der Waals surface area contributed by atoms with Crippen molar-refractivity contribution in [3.8, 4) is 0 Å². The van der Waals surface area contributed by atoms with Crippen LogP contribution in [0, 0.1) is 0 Å². The zero-order valence-corrected chi connectivity index (χ0v) is 7.11. The summed E-state index contributed by atoms with van der Waals surface area (Å²) in [5.74, 6) is 0. The van der Waals surface area contributed by atoms with Gasteiger partial charge in [0.05, 0.1) is 11.0 Å². The molecule has 3 heteroatoms. The van der Waals surface area contributed by atoms with Crippen LogP contribution in [0.2, 0.25) is 0 Å². The van der Waals surface area contributed by atoms with Crippen LogP contribution in [0.1, 0.15) is 7.43 Å². The Labute approximate surface area is 77.2 Å². The Balaban J connectivity index is 0.000000845. The number of hydrogen-bond donors (Lipinski definition) is 0. The summed E-state index contributed by atoms with van der Waals surface area (Å²) in [5, 5.41) is 0. The lowest BCUT2D eigenvalue weighted by molar-refractivity contribution is 0.795. The zero-order chi connectivity index (χ0) is 8.72. The van der Waals surface area contributed by atoms with Gasteiger partial charge in [-0.15, -0.1) is 0 Å². The molecule has 0 unspecified atom stereocenters. The molecular formula is C10H14N2O. The topological polar surface area (TPSA) is 26.9 Å². The molecule has 0 saturated carbocycles. The van der Waals surface area contributed by atoms with Gasteiger partial charge in [0.2, 0.25) is 0 Å². The minimum Gasteiger partial charge on any atom is -0.295 e. The molecule has 1 heterocycles. The molecule has 0 spiro atoms. The molecule has 2 aromatic rings. The molecule has 0 bridgehead atoms. The molecule has 0 fully saturated rings. The summed E-state index contributed by atoms with van der Waals surface area (Å²) in [6.45, 7) is 0. The van der Waals surface area contributed by atoms with Crippen molar-refractivity contribution in [2.75, 3.05) is 0 Å². The van der Waals surface area contributed by atoms with Crippen LogP contribution in [0.25, 0.3) is 11.0 Å². The first-order valence-corrected chi connectivity index (χ1v) is 3.82. The molecule has 70 valence electrons. The van der Waals surface area contributed by atoms with Crippen molar-refractivity contribution in [1.29, 1.82) is 0 Å². The van der Waals surface area contributed by atoms with Crippen LogP contribution in [0.5, 0.6) is 0 Å². The SMILES string of the molecule is C.Cn1c(=O)n(C)c2ccccc21. The molecule has 0 radical (unpaired) electrons. The van der Waals surface area contributed by atoms with Crippen molar-refractivity contribution in [3.05, 3.63) is 34.7 Å². The maximum Gasteiger partial charge on any atom is 0.328 e. The molecule has 0 atom stereocenters. The highest BCUT2D eigenvalue weighted by atomic mass is 16.1. The third-order valence-electron chi connectivity index (χ3n) is 2.18. The van der Waals surface area contributed by atoms with E-state index in [0.717, 1.165) is 11.0 Å². The highest BCUT2D eigenvalue weighted by Crippen LogP contribution is 2.09. The summed E-state index contributed by atoms with van der Waals surface area (Å²) in [5.41, 5.74) is 1.98. The summed E-state index contributed by atoms with van der Waals surface area (Å²) in [7, 11) is 3.56. The Bertz CT molecular complexity index is 437. The van der Waals surface area contributed by atoms with E-state index in [1.54, 1.807) is 23.2 Å². The smallest absolute Gasteiger partial charge is 0.295 e. The number of aryl methyl sites for hydroxylation is 2. The Hall–Kier alpha value is -1.51. The van der Waals surface area contributed by atoms with E-state index >= 15 is 0 Å². The van der Waals surface area contributed by atoms with Gasteiger partial charge in [-0.1, -0.05) is 19.6 Å².